The summed E-state index contributed by atoms with van der Waals surface area (Å²) in [7, 11) is 1.83. The minimum atomic E-state index is -0.448. The van der Waals surface area contributed by atoms with Crippen LogP contribution in [-0.2, 0) is 18.4 Å². The fourth-order valence-corrected chi connectivity index (χ4v) is 2.87. The average molecular weight is 312 g/mol. The van der Waals surface area contributed by atoms with E-state index in [1.54, 1.807) is 4.68 Å². The van der Waals surface area contributed by atoms with Crippen molar-refractivity contribution in [3.8, 4) is 0 Å². The number of fused-ring (bicyclic) bond motifs is 1. The predicted octanol–water partition coefficient (Wildman–Crippen LogP) is 3.76. The lowest BCUT2D eigenvalue weighted by Crippen LogP contribution is -2.08. The van der Waals surface area contributed by atoms with Crippen molar-refractivity contribution in [3.63, 3.8) is 0 Å². The van der Waals surface area contributed by atoms with Gasteiger partial charge in [0.1, 0.15) is 12.2 Å². The van der Waals surface area contributed by atoms with Gasteiger partial charge in [0, 0.05) is 18.0 Å². The summed E-state index contributed by atoms with van der Waals surface area (Å²) in [5.41, 5.74) is 5.42. The van der Waals surface area contributed by atoms with E-state index in [1.807, 2.05) is 52.9 Å². The second-order valence-electron chi connectivity index (χ2n) is 5.94. The predicted molar refractivity (Wildman–Crippen MR) is 87.5 cm³/mol. The van der Waals surface area contributed by atoms with Crippen molar-refractivity contribution in [1.82, 2.24) is 9.78 Å². The van der Waals surface area contributed by atoms with E-state index in [0.717, 1.165) is 39.0 Å². The van der Waals surface area contributed by atoms with Gasteiger partial charge in [-0.3, -0.25) is 4.68 Å². The fourth-order valence-electron chi connectivity index (χ4n) is 2.87. The lowest BCUT2D eigenvalue weighted by atomic mass is 10.0. The molecule has 0 N–H and O–H groups in total. The normalized spacial score (nSPS) is 11.2. The minimum absolute atomic E-state index is 0.171. The Morgan fingerprint density at radius 2 is 1.91 bits per heavy atom. The molecule has 0 bridgehead atoms. The van der Waals surface area contributed by atoms with Gasteiger partial charge in [-0.25, -0.2) is 4.79 Å². The molecule has 0 spiro atoms. The molecule has 0 radical (unpaired) electrons. The fraction of sp³-hybridized carbons (Fsp3) is 0.333. The number of carbonyl (C=O) groups excluding carboxylic acids is 1. The minimum Gasteiger partial charge on any atom is -0.453 e. The van der Waals surface area contributed by atoms with Crippen molar-refractivity contribution in [2.24, 2.45) is 7.05 Å². The van der Waals surface area contributed by atoms with Crippen molar-refractivity contribution in [1.29, 1.82) is 0 Å². The van der Waals surface area contributed by atoms with E-state index in [9.17, 15) is 4.79 Å². The van der Waals surface area contributed by atoms with Crippen LogP contribution in [0.25, 0.3) is 11.0 Å². The summed E-state index contributed by atoms with van der Waals surface area (Å²) in [6.07, 6.45) is 0. The van der Waals surface area contributed by atoms with Crippen molar-refractivity contribution >= 4 is 16.9 Å². The van der Waals surface area contributed by atoms with Gasteiger partial charge in [0.2, 0.25) is 5.76 Å². The SMILES string of the molecule is Cc1cc(COC(=O)c2oc3c(C)ccc(C)c3c2C)n(C)n1. The van der Waals surface area contributed by atoms with Crippen molar-refractivity contribution in [3.05, 3.63) is 52.0 Å². The quantitative estimate of drug-likeness (QED) is 0.691. The lowest BCUT2D eigenvalue weighted by molar-refractivity contribution is 0.0428. The first-order chi connectivity index (χ1) is 10.9. The molecule has 0 aliphatic carbocycles. The third kappa shape index (κ3) is 2.63. The zero-order valence-corrected chi connectivity index (χ0v) is 14.1. The van der Waals surface area contributed by atoms with Gasteiger partial charge >= 0.3 is 5.97 Å². The molecule has 0 fully saturated rings. The van der Waals surface area contributed by atoms with E-state index < -0.39 is 5.97 Å². The number of rotatable bonds is 3. The summed E-state index contributed by atoms with van der Waals surface area (Å²) in [4.78, 5) is 12.4. The number of hydrogen-bond acceptors (Lipinski definition) is 4. The molecule has 0 atom stereocenters. The number of furan rings is 1. The van der Waals surface area contributed by atoms with Crippen LogP contribution >= 0.6 is 0 Å². The van der Waals surface area contributed by atoms with E-state index in [2.05, 4.69) is 5.10 Å². The molecule has 2 aromatic heterocycles. The Bertz CT molecular complexity index is 903. The molecule has 23 heavy (non-hydrogen) atoms. The number of benzene rings is 1. The molecule has 0 saturated heterocycles. The zero-order valence-electron chi connectivity index (χ0n) is 14.1. The van der Waals surface area contributed by atoms with Gasteiger partial charge in [-0.15, -0.1) is 0 Å². The maximum Gasteiger partial charge on any atom is 0.374 e. The highest BCUT2D eigenvalue weighted by Crippen LogP contribution is 2.31. The van der Waals surface area contributed by atoms with Crippen LogP contribution in [0.5, 0.6) is 0 Å². The topological polar surface area (TPSA) is 57.3 Å². The van der Waals surface area contributed by atoms with E-state index in [4.69, 9.17) is 9.15 Å². The van der Waals surface area contributed by atoms with E-state index in [1.165, 1.54) is 0 Å². The molecule has 120 valence electrons. The smallest absolute Gasteiger partial charge is 0.374 e. The van der Waals surface area contributed by atoms with Gasteiger partial charge in [-0.1, -0.05) is 12.1 Å². The van der Waals surface area contributed by atoms with Crippen molar-refractivity contribution < 1.29 is 13.9 Å². The molecule has 0 aliphatic rings. The Kier molecular flexibility index (Phi) is 3.72. The van der Waals surface area contributed by atoms with Crippen LogP contribution in [0.3, 0.4) is 0 Å². The molecular formula is C18H20N2O3. The Morgan fingerprint density at radius 1 is 1.22 bits per heavy atom. The molecule has 0 amide bonds. The highest BCUT2D eigenvalue weighted by Gasteiger charge is 2.21. The lowest BCUT2D eigenvalue weighted by Gasteiger charge is -2.03. The second-order valence-corrected chi connectivity index (χ2v) is 5.94. The molecule has 0 aliphatic heterocycles. The first-order valence-electron chi connectivity index (χ1n) is 7.54. The van der Waals surface area contributed by atoms with Gasteiger partial charge in [0.25, 0.3) is 0 Å². The third-order valence-corrected chi connectivity index (χ3v) is 4.12. The zero-order chi connectivity index (χ0) is 16.7. The number of ether oxygens (including phenoxy) is 1. The molecule has 5 heteroatoms. The second kappa shape index (κ2) is 5.57. The number of esters is 1. The standard InChI is InChI=1S/C18H20N2O3/c1-10-6-7-11(2)16-15(10)13(4)17(23-16)18(21)22-9-14-8-12(3)19-20(14)5/h6-8H,9H2,1-5H3. The van der Waals surface area contributed by atoms with Crippen LogP contribution in [0.1, 0.15) is 38.6 Å². The van der Waals surface area contributed by atoms with Gasteiger partial charge in [-0.05, 0) is 44.9 Å². The van der Waals surface area contributed by atoms with E-state index in [0.29, 0.717) is 0 Å². The molecule has 0 unspecified atom stereocenters. The molecule has 0 saturated carbocycles. The molecule has 3 rings (SSSR count). The van der Waals surface area contributed by atoms with Gasteiger partial charge < -0.3 is 9.15 Å². The Labute approximate surface area is 134 Å². The molecule has 1 aromatic carbocycles. The highest BCUT2D eigenvalue weighted by molar-refractivity contribution is 5.98. The van der Waals surface area contributed by atoms with Crippen molar-refractivity contribution in [2.75, 3.05) is 0 Å². The van der Waals surface area contributed by atoms with Crippen LogP contribution in [0.2, 0.25) is 0 Å². The van der Waals surface area contributed by atoms with Crippen LogP contribution < -0.4 is 0 Å². The van der Waals surface area contributed by atoms with Crippen LogP contribution in [0.15, 0.2) is 22.6 Å². The monoisotopic (exact) mass is 312 g/mol. The third-order valence-electron chi connectivity index (χ3n) is 4.12. The largest absolute Gasteiger partial charge is 0.453 e. The summed E-state index contributed by atoms with van der Waals surface area (Å²) in [5, 5.41) is 5.23. The van der Waals surface area contributed by atoms with E-state index >= 15 is 0 Å². The summed E-state index contributed by atoms with van der Waals surface area (Å²) >= 11 is 0. The number of aryl methyl sites for hydroxylation is 5. The summed E-state index contributed by atoms with van der Waals surface area (Å²) in [6.45, 7) is 7.95. The van der Waals surface area contributed by atoms with Crippen molar-refractivity contribution in [2.45, 2.75) is 34.3 Å². The number of hydrogen-bond donors (Lipinski definition) is 0. The summed E-state index contributed by atoms with van der Waals surface area (Å²) in [6, 6.07) is 5.93. The van der Waals surface area contributed by atoms with Crippen LogP contribution in [-0.4, -0.2) is 15.7 Å². The molecule has 2 heterocycles. The Hall–Kier alpha value is -2.56. The van der Waals surface area contributed by atoms with Gasteiger partial charge in [0.05, 0.1) is 11.4 Å². The first kappa shape index (κ1) is 15.3. The average Bonchev–Trinajstić information content (AvgIpc) is 3.01. The Balaban J connectivity index is 1.89. The van der Waals surface area contributed by atoms with Crippen LogP contribution in [0.4, 0.5) is 0 Å². The number of aromatic nitrogens is 2. The molecule has 5 nitrogen and oxygen atoms in total. The molecule has 3 aromatic rings. The van der Waals surface area contributed by atoms with E-state index in [-0.39, 0.29) is 12.4 Å². The maximum absolute atomic E-state index is 12.4. The maximum atomic E-state index is 12.4. The van der Waals surface area contributed by atoms with Gasteiger partial charge in [0.15, 0.2) is 0 Å². The molecular weight excluding hydrogens is 292 g/mol. The summed E-state index contributed by atoms with van der Waals surface area (Å²) in [5.74, 6) is -0.173. The highest BCUT2D eigenvalue weighted by atomic mass is 16.5. The first-order valence-corrected chi connectivity index (χ1v) is 7.54. The van der Waals surface area contributed by atoms with Crippen LogP contribution in [0, 0.1) is 27.7 Å². The Morgan fingerprint density at radius 3 is 2.52 bits per heavy atom. The summed E-state index contributed by atoms with van der Waals surface area (Å²) < 4.78 is 12.9. The number of nitrogens with zero attached hydrogens (tertiary/aromatic N) is 2. The van der Waals surface area contributed by atoms with Gasteiger partial charge in [-0.2, -0.15) is 5.10 Å². The number of carbonyl (C=O) groups is 1.